The maximum atomic E-state index is 2.95. The lowest BCUT2D eigenvalue weighted by Gasteiger charge is -2.23. The largest absolute Gasteiger partial charge is 0.133 e. The van der Waals surface area contributed by atoms with E-state index in [9.17, 15) is 0 Å². The summed E-state index contributed by atoms with van der Waals surface area (Å²) in [7, 11) is 5.81. The molecular weight excluding hydrogens is 304 g/mol. The maximum absolute atomic E-state index is 2.95. The van der Waals surface area contributed by atoms with E-state index in [0.717, 1.165) is 0 Å². The fourth-order valence-corrected chi connectivity index (χ4v) is 10.8. The molecule has 2 rings (SSSR count). The number of benzene rings is 2. The monoisotopic (exact) mass is 324 g/mol. The first-order valence-electron chi connectivity index (χ1n) is 6.35. The van der Waals surface area contributed by atoms with Crippen LogP contribution in [0, 0.1) is 0 Å². The molecule has 0 saturated heterocycles. The van der Waals surface area contributed by atoms with E-state index in [1.54, 1.807) is 0 Å². The zero-order chi connectivity index (χ0) is 13.5. The molecule has 2 aromatic rings. The Morgan fingerprint density at radius 1 is 0.632 bits per heavy atom. The molecule has 19 heavy (non-hydrogen) atoms. The summed E-state index contributed by atoms with van der Waals surface area (Å²) in [4.78, 5) is 0. The van der Waals surface area contributed by atoms with Crippen LogP contribution in [-0.2, 0) is 0 Å². The van der Waals surface area contributed by atoms with Crippen molar-refractivity contribution in [1.82, 2.24) is 0 Å². The van der Waals surface area contributed by atoms with Crippen molar-refractivity contribution in [2.75, 3.05) is 17.7 Å². The van der Waals surface area contributed by atoms with Crippen LogP contribution in [0.2, 0.25) is 0 Å². The van der Waals surface area contributed by atoms with Crippen LogP contribution in [0.15, 0.2) is 60.7 Å². The lowest BCUT2D eigenvalue weighted by atomic mass is 10.4. The molecule has 0 aliphatic rings. The second kappa shape index (κ2) is 8.45. The maximum Gasteiger partial charge on any atom is -0.00339 e. The highest BCUT2D eigenvalue weighted by atomic mass is 31.2. The first kappa shape index (κ1) is 15.5. The minimum Gasteiger partial charge on any atom is -0.133 e. The number of rotatable bonds is 6. The summed E-state index contributed by atoms with van der Waals surface area (Å²) in [6.45, 7) is 0. The molecule has 0 aromatic heterocycles. The molecule has 0 amide bonds. The molecule has 0 fully saturated rings. The van der Waals surface area contributed by atoms with Crippen molar-refractivity contribution < 1.29 is 0 Å². The van der Waals surface area contributed by atoms with Crippen molar-refractivity contribution in [1.29, 1.82) is 0 Å². The van der Waals surface area contributed by atoms with Gasteiger partial charge in [0.25, 0.3) is 0 Å². The highest BCUT2D eigenvalue weighted by Crippen LogP contribution is 2.51. The molecule has 2 aromatic carbocycles. The minimum absolute atomic E-state index is 0.0439. The highest BCUT2D eigenvalue weighted by molar-refractivity contribution is 7.85. The van der Waals surface area contributed by atoms with Gasteiger partial charge in [0.05, 0.1) is 0 Å². The normalized spacial score (nSPS) is 14.0. The predicted octanol–water partition coefficient (Wildman–Crippen LogP) is 4.22. The third-order valence-electron chi connectivity index (χ3n) is 3.02. The third kappa shape index (κ3) is 4.59. The molecule has 4 heteroatoms. The molecule has 0 N–H and O–H groups in total. The van der Waals surface area contributed by atoms with Gasteiger partial charge < -0.3 is 0 Å². The Hall–Kier alpha value is 0.160. The lowest BCUT2D eigenvalue weighted by Crippen LogP contribution is -2.08. The minimum atomic E-state index is -0.0439. The van der Waals surface area contributed by atoms with Gasteiger partial charge in [0.1, 0.15) is 0 Å². The van der Waals surface area contributed by atoms with Gasteiger partial charge in [0.15, 0.2) is 0 Å². The summed E-state index contributed by atoms with van der Waals surface area (Å²) < 4.78 is 0. The van der Waals surface area contributed by atoms with E-state index in [1.807, 2.05) is 0 Å². The molecule has 0 heterocycles. The Labute approximate surface area is 123 Å². The summed E-state index contributed by atoms with van der Waals surface area (Å²) in [5.74, 6) is 3.75. The summed E-state index contributed by atoms with van der Waals surface area (Å²) in [5, 5.41) is 3.07. The molecule has 0 spiro atoms. The Morgan fingerprint density at radius 3 is 1.32 bits per heavy atom. The highest BCUT2D eigenvalue weighted by Gasteiger charge is 2.16. The predicted molar refractivity (Wildman–Crippen MR) is 100 cm³/mol. The topological polar surface area (TPSA) is 0 Å². The molecule has 0 aliphatic carbocycles. The van der Waals surface area contributed by atoms with Crippen molar-refractivity contribution in [3.8, 4) is 0 Å². The van der Waals surface area contributed by atoms with Crippen LogP contribution >= 0.6 is 34.3 Å². The Kier molecular flexibility index (Phi) is 6.91. The summed E-state index contributed by atoms with van der Waals surface area (Å²) >= 11 is 0. The van der Waals surface area contributed by atoms with E-state index in [0.29, 0.717) is 0 Å². The zero-order valence-electron chi connectivity index (χ0n) is 10.9. The van der Waals surface area contributed by atoms with Crippen LogP contribution in [0.5, 0.6) is 0 Å². The summed E-state index contributed by atoms with van der Waals surface area (Å²) in [5.41, 5.74) is 0. The molecule has 100 valence electrons. The lowest BCUT2D eigenvalue weighted by molar-refractivity contribution is 1.75. The Bertz CT molecular complexity index is 427. The van der Waals surface area contributed by atoms with E-state index in [2.05, 4.69) is 79.1 Å². The van der Waals surface area contributed by atoms with Gasteiger partial charge in [-0.3, -0.25) is 0 Å². The van der Waals surface area contributed by atoms with E-state index in [-0.39, 0.29) is 15.8 Å². The molecule has 4 atom stereocenters. The van der Waals surface area contributed by atoms with Crippen molar-refractivity contribution in [2.45, 2.75) is 0 Å². The van der Waals surface area contributed by atoms with E-state index < -0.39 is 0 Å². The van der Waals surface area contributed by atoms with Gasteiger partial charge in [-0.2, -0.15) is 0 Å². The van der Waals surface area contributed by atoms with Gasteiger partial charge in [-0.25, -0.2) is 0 Å². The standard InChI is InChI=1S/C15H20P4/c16-11-18(14-7-3-1-4-8-14)13-19(12-17)15-9-5-2-6-10-15/h1-10H,11-13,16-17H2. The van der Waals surface area contributed by atoms with Crippen LogP contribution in [0.25, 0.3) is 0 Å². The third-order valence-corrected chi connectivity index (χ3v) is 11.3. The van der Waals surface area contributed by atoms with Crippen molar-refractivity contribution in [3.05, 3.63) is 60.7 Å². The quantitative estimate of drug-likeness (QED) is 0.698. The van der Waals surface area contributed by atoms with Crippen LogP contribution in [-0.4, -0.2) is 17.7 Å². The summed E-state index contributed by atoms with van der Waals surface area (Å²) in [6.07, 6.45) is 0. The second-order valence-corrected chi connectivity index (χ2v) is 11.5. The SMILES string of the molecule is PCP(CP(CP)c1ccccc1)c1ccccc1. The molecule has 0 aliphatic heterocycles. The fourth-order valence-electron chi connectivity index (χ4n) is 1.97. The summed E-state index contributed by atoms with van der Waals surface area (Å²) in [6, 6.07) is 22.0. The number of hydrogen-bond donors (Lipinski definition) is 0. The van der Waals surface area contributed by atoms with Gasteiger partial charge in [0.2, 0.25) is 0 Å². The van der Waals surface area contributed by atoms with Gasteiger partial charge in [-0.1, -0.05) is 76.5 Å². The molecule has 0 bridgehead atoms. The van der Waals surface area contributed by atoms with Gasteiger partial charge in [0, 0.05) is 0 Å². The molecular formula is C15H20P4. The molecule has 0 saturated carbocycles. The second-order valence-electron chi connectivity index (χ2n) is 4.26. The molecule has 4 unspecified atom stereocenters. The van der Waals surface area contributed by atoms with Crippen LogP contribution in [0.4, 0.5) is 0 Å². The van der Waals surface area contributed by atoms with Crippen LogP contribution in [0.3, 0.4) is 0 Å². The first-order valence-corrected chi connectivity index (χ1v) is 11.4. The van der Waals surface area contributed by atoms with Gasteiger partial charge >= 0.3 is 0 Å². The smallest absolute Gasteiger partial charge is 0.00339 e. The Morgan fingerprint density at radius 2 is 1.00 bits per heavy atom. The van der Waals surface area contributed by atoms with Crippen molar-refractivity contribution in [3.63, 3.8) is 0 Å². The average Bonchev–Trinajstić information content (AvgIpc) is 2.50. The van der Waals surface area contributed by atoms with Crippen LogP contribution in [0.1, 0.15) is 0 Å². The van der Waals surface area contributed by atoms with Crippen molar-refractivity contribution in [2.24, 2.45) is 0 Å². The Balaban J connectivity index is 2.13. The van der Waals surface area contributed by atoms with E-state index in [1.165, 1.54) is 28.3 Å². The fraction of sp³-hybridized carbons (Fsp3) is 0.200. The molecule has 0 nitrogen and oxygen atoms in total. The van der Waals surface area contributed by atoms with Crippen molar-refractivity contribution >= 4 is 44.9 Å². The first-order chi connectivity index (χ1) is 9.35. The zero-order valence-corrected chi connectivity index (χ0v) is 15.0. The average molecular weight is 324 g/mol. The van der Waals surface area contributed by atoms with Gasteiger partial charge in [-0.15, -0.1) is 18.5 Å². The van der Waals surface area contributed by atoms with Crippen LogP contribution < -0.4 is 10.6 Å². The van der Waals surface area contributed by atoms with Gasteiger partial charge in [-0.05, 0) is 28.3 Å². The van der Waals surface area contributed by atoms with E-state index >= 15 is 0 Å². The number of hydrogen-bond acceptors (Lipinski definition) is 0. The van der Waals surface area contributed by atoms with E-state index in [4.69, 9.17) is 0 Å². The molecule has 0 radical (unpaired) electrons.